The predicted octanol–water partition coefficient (Wildman–Crippen LogP) is 1.67. The van der Waals surface area contributed by atoms with Gasteiger partial charge in [-0.05, 0) is 0 Å². The van der Waals surface area contributed by atoms with Gasteiger partial charge in [0.25, 0.3) is 0 Å². The lowest BCUT2D eigenvalue weighted by atomic mass is 10.6. The minimum absolute atomic E-state index is 0.592. The van der Waals surface area contributed by atoms with Gasteiger partial charge in [-0.3, -0.25) is 0 Å². The molecule has 0 atom stereocenters. The molecule has 4 aromatic heterocycles. The van der Waals surface area contributed by atoms with Crippen molar-refractivity contribution in [1.82, 2.24) is 40.8 Å². The van der Waals surface area contributed by atoms with E-state index in [1.54, 1.807) is 49.1 Å². The summed E-state index contributed by atoms with van der Waals surface area (Å²) in [5.41, 5.74) is 0. The summed E-state index contributed by atoms with van der Waals surface area (Å²) in [5, 5.41) is 25.5. The maximum absolute atomic E-state index is 8.00. The fourth-order valence-corrected chi connectivity index (χ4v) is 1.44. The third-order valence-corrected chi connectivity index (χ3v) is 2.34. The van der Waals surface area contributed by atoms with Gasteiger partial charge < -0.3 is 14.3 Å². The number of carbonyl (C=O) groups excluding carboxylic acids is 1. The number of hydrogen-bond acceptors (Lipinski definition) is 7. The second-order valence-corrected chi connectivity index (χ2v) is 3.89. The Morgan fingerprint density at radius 2 is 0.833 bits per heavy atom. The summed E-state index contributed by atoms with van der Waals surface area (Å²) in [7, 11) is 0. The number of H-pyrrole nitrogens is 4. The average molecular weight is 330 g/mol. The number of ether oxygens (including phenoxy) is 2. The molecule has 0 aliphatic heterocycles. The highest BCUT2D eigenvalue weighted by Crippen LogP contribution is 2.14. The minimum Gasteiger partial charge on any atom is -0.422 e. The summed E-state index contributed by atoms with van der Waals surface area (Å²) in [5.74, 6) is 2.37. The van der Waals surface area contributed by atoms with E-state index in [4.69, 9.17) is 14.3 Å². The van der Waals surface area contributed by atoms with E-state index in [-0.39, 0.29) is 0 Å². The average Bonchev–Trinajstić information content (AvgIpc) is 3.41. The van der Waals surface area contributed by atoms with Crippen LogP contribution in [0.5, 0.6) is 23.5 Å². The minimum atomic E-state index is 0.592. The fourth-order valence-electron chi connectivity index (χ4n) is 1.44. The molecule has 0 amide bonds. The number of nitrogens with zero attached hydrogens (tertiary/aromatic N) is 4. The third kappa shape index (κ3) is 5.14. The number of aromatic nitrogens is 8. The molecule has 0 radical (unpaired) electrons. The van der Waals surface area contributed by atoms with Crippen LogP contribution in [0.2, 0.25) is 0 Å². The van der Waals surface area contributed by atoms with E-state index in [1.165, 1.54) is 0 Å². The highest BCUT2D eigenvalue weighted by atomic mass is 16.5. The van der Waals surface area contributed by atoms with Gasteiger partial charge >= 0.3 is 0 Å². The molecule has 124 valence electrons. The molecule has 4 N–H and O–H groups in total. The third-order valence-electron chi connectivity index (χ3n) is 2.34. The summed E-state index contributed by atoms with van der Waals surface area (Å²) >= 11 is 0. The van der Waals surface area contributed by atoms with Crippen molar-refractivity contribution in [3.63, 3.8) is 0 Å². The number of nitrogens with one attached hydrogen (secondary N) is 4. The Labute approximate surface area is 135 Å². The van der Waals surface area contributed by atoms with E-state index in [2.05, 4.69) is 40.8 Å². The Balaban J connectivity index is 0.000000158. The monoisotopic (exact) mass is 330 g/mol. The SMILES string of the molecule is C=O.c1cc(Oc2ccn[nH]2)[nH]n1.c1cc(Oc2ccn[nH]2)[nH]n1. The van der Waals surface area contributed by atoms with Crippen LogP contribution >= 0.6 is 0 Å². The Bertz CT molecular complexity index is 619. The van der Waals surface area contributed by atoms with Crippen molar-refractivity contribution in [2.45, 2.75) is 0 Å². The Kier molecular flexibility index (Phi) is 6.31. The Hall–Kier alpha value is -3.89. The van der Waals surface area contributed by atoms with E-state index < -0.39 is 0 Å². The van der Waals surface area contributed by atoms with E-state index in [0.717, 1.165) is 0 Å². The van der Waals surface area contributed by atoms with Crippen molar-refractivity contribution in [2.75, 3.05) is 0 Å². The van der Waals surface area contributed by atoms with Crippen LogP contribution in [-0.4, -0.2) is 47.6 Å². The van der Waals surface area contributed by atoms with Crippen LogP contribution in [-0.2, 0) is 4.79 Å². The predicted molar refractivity (Wildman–Crippen MR) is 81.6 cm³/mol. The molecule has 11 heteroatoms. The van der Waals surface area contributed by atoms with Gasteiger partial charge in [0.15, 0.2) is 0 Å². The zero-order valence-corrected chi connectivity index (χ0v) is 12.3. The smallest absolute Gasteiger partial charge is 0.217 e. The first kappa shape index (κ1) is 16.5. The zero-order valence-electron chi connectivity index (χ0n) is 12.3. The molecule has 0 fully saturated rings. The maximum atomic E-state index is 8.00. The molecule has 0 aliphatic rings. The topological polar surface area (TPSA) is 150 Å². The lowest BCUT2D eigenvalue weighted by Crippen LogP contribution is -1.83. The first-order chi connectivity index (χ1) is 11.9. The van der Waals surface area contributed by atoms with Crippen LogP contribution < -0.4 is 9.47 Å². The van der Waals surface area contributed by atoms with E-state index >= 15 is 0 Å². The molecule has 0 aromatic carbocycles. The van der Waals surface area contributed by atoms with E-state index in [9.17, 15) is 0 Å². The van der Waals surface area contributed by atoms with Gasteiger partial charge in [0, 0.05) is 24.3 Å². The normalized spacial score (nSPS) is 9.17. The second kappa shape index (κ2) is 9.19. The summed E-state index contributed by atoms with van der Waals surface area (Å²) in [6.45, 7) is 2.00. The molecule has 4 aromatic rings. The van der Waals surface area contributed by atoms with Gasteiger partial charge in [0.05, 0.1) is 24.8 Å². The van der Waals surface area contributed by atoms with Crippen LogP contribution in [0.15, 0.2) is 49.1 Å². The highest BCUT2D eigenvalue weighted by Gasteiger charge is 1.97. The quantitative estimate of drug-likeness (QED) is 0.444. The Morgan fingerprint density at radius 1 is 0.583 bits per heavy atom. The fraction of sp³-hybridized carbons (Fsp3) is 0. The van der Waals surface area contributed by atoms with E-state index in [1.807, 2.05) is 6.79 Å². The highest BCUT2D eigenvalue weighted by molar-refractivity contribution is 5.16. The lowest BCUT2D eigenvalue weighted by Gasteiger charge is -1.95. The molecule has 24 heavy (non-hydrogen) atoms. The van der Waals surface area contributed by atoms with Crippen LogP contribution in [0.4, 0.5) is 0 Å². The van der Waals surface area contributed by atoms with Gasteiger partial charge in [-0.25, -0.2) is 20.4 Å². The van der Waals surface area contributed by atoms with Crippen LogP contribution in [0.1, 0.15) is 0 Å². The molecule has 4 rings (SSSR count). The molecule has 0 saturated heterocycles. The Morgan fingerprint density at radius 3 is 1.00 bits per heavy atom. The van der Waals surface area contributed by atoms with Gasteiger partial charge in [-0.15, -0.1) is 0 Å². The molecule has 11 nitrogen and oxygen atoms in total. The van der Waals surface area contributed by atoms with Crippen molar-refractivity contribution in [3.05, 3.63) is 49.1 Å². The van der Waals surface area contributed by atoms with E-state index in [0.29, 0.717) is 23.5 Å². The lowest BCUT2D eigenvalue weighted by molar-refractivity contribution is -0.0979. The molecule has 0 spiro atoms. The van der Waals surface area contributed by atoms with Gasteiger partial charge in [-0.2, -0.15) is 20.4 Å². The zero-order chi connectivity index (χ0) is 17.0. The number of rotatable bonds is 4. The number of hydrogen-bond donors (Lipinski definition) is 4. The van der Waals surface area contributed by atoms with Crippen molar-refractivity contribution < 1.29 is 14.3 Å². The summed E-state index contributed by atoms with van der Waals surface area (Å²) < 4.78 is 10.4. The van der Waals surface area contributed by atoms with Gasteiger partial charge in [-0.1, -0.05) is 0 Å². The molecule has 0 bridgehead atoms. The van der Waals surface area contributed by atoms with Crippen molar-refractivity contribution in [1.29, 1.82) is 0 Å². The standard InChI is InChI=1S/2C6H6N4O.CH2O/c2*1-3-7-9-5(1)11-6-2-4-8-10-6;1-2/h2*1-4H,(H,7,9)(H,8,10);1H2. The molecule has 0 unspecified atom stereocenters. The number of aromatic amines is 4. The first-order valence-corrected chi connectivity index (χ1v) is 6.52. The van der Waals surface area contributed by atoms with Crippen molar-refractivity contribution in [3.8, 4) is 23.5 Å². The van der Waals surface area contributed by atoms with Gasteiger partial charge in [0.1, 0.15) is 6.79 Å². The van der Waals surface area contributed by atoms with Crippen LogP contribution in [0.3, 0.4) is 0 Å². The van der Waals surface area contributed by atoms with Crippen molar-refractivity contribution in [2.24, 2.45) is 0 Å². The molecule has 4 heterocycles. The van der Waals surface area contributed by atoms with Crippen LogP contribution in [0, 0.1) is 0 Å². The number of carbonyl (C=O) groups is 1. The molecular formula is C13H14N8O3. The first-order valence-electron chi connectivity index (χ1n) is 6.52. The molecule has 0 saturated carbocycles. The van der Waals surface area contributed by atoms with Crippen LogP contribution in [0.25, 0.3) is 0 Å². The molecule has 0 aliphatic carbocycles. The van der Waals surface area contributed by atoms with Gasteiger partial charge in [0.2, 0.25) is 23.5 Å². The van der Waals surface area contributed by atoms with Crippen molar-refractivity contribution >= 4 is 6.79 Å². The summed E-state index contributed by atoms with van der Waals surface area (Å²) in [6.07, 6.45) is 6.47. The summed E-state index contributed by atoms with van der Waals surface area (Å²) in [4.78, 5) is 8.00. The largest absolute Gasteiger partial charge is 0.422 e. The summed E-state index contributed by atoms with van der Waals surface area (Å²) in [6, 6.07) is 6.89. The second-order valence-electron chi connectivity index (χ2n) is 3.89. The maximum Gasteiger partial charge on any atom is 0.217 e. The molecular weight excluding hydrogens is 316 g/mol.